The molecule has 0 radical (unpaired) electrons. The fourth-order valence-electron chi connectivity index (χ4n) is 3.11. The van der Waals surface area contributed by atoms with Crippen LogP contribution in [0.1, 0.15) is 25.3 Å². The predicted octanol–water partition coefficient (Wildman–Crippen LogP) is 3.60. The Kier molecular flexibility index (Phi) is 5.07. The number of fused-ring (bicyclic) bond motifs is 1. The molecule has 31 heavy (non-hydrogen) atoms. The second-order valence-corrected chi connectivity index (χ2v) is 10.3. The highest BCUT2D eigenvalue weighted by atomic mass is 32.2. The Morgan fingerprint density at radius 1 is 1.23 bits per heavy atom. The van der Waals surface area contributed by atoms with Gasteiger partial charge in [-0.3, -0.25) is 4.68 Å². The minimum atomic E-state index is -4.58. The van der Waals surface area contributed by atoms with Gasteiger partial charge >= 0.3 is 6.18 Å². The zero-order chi connectivity index (χ0) is 22.4. The summed E-state index contributed by atoms with van der Waals surface area (Å²) in [7, 11) is -3.15. The van der Waals surface area contributed by atoms with E-state index in [2.05, 4.69) is 25.7 Å². The Morgan fingerprint density at radius 3 is 2.61 bits per heavy atom. The van der Waals surface area contributed by atoms with E-state index in [0.29, 0.717) is 16.6 Å². The molecule has 1 fully saturated rings. The van der Waals surface area contributed by atoms with Crippen LogP contribution in [0, 0.1) is 0 Å². The van der Waals surface area contributed by atoms with Gasteiger partial charge < -0.3 is 10.6 Å². The maximum absolute atomic E-state index is 13.4. The fourth-order valence-corrected chi connectivity index (χ4v) is 3.61. The van der Waals surface area contributed by atoms with E-state index in [4.69, 9.17) is 0 Å². The number of nitrogens with zero attached hydrogens (tertiary/aromatic N) is 4. The Labute approximate surface area is 176 Å². The van der Waals surface area contributed by atoms with E-state index < -0.39 is 27.1 Å². The van der Waals surface area contributed by atoms with Crippen molar-refractivity contribution >= 4 is 38.2 Å². The lowest BCUT2D eigenvalue weighted by atomic mass is 10.2. The van der Waals surface area contributed by atoms with Crippen molar-refractivity contribution < 1.29 is 21.6 Å². The third kappa shape index (κ3) is 4.89. The minimum absolute atomic E-state index is 0.0103. The van der Waals surface area contributed by atoms with Crippen molar-refractivity contribution in [1.29, 1.82) is 0 Å². The Balaban J connectivity index is 1.64. The van der Waals surface area contributed by atoms with Crippen LogP contribution < -0.4 is 10.6 Å². The molecule has 0 unspecified atom stereocenters. The molecule has 3 aromatic rings. The highest BCUT2D eigenvalue weighted by molar-refractivity contribution is 7.90. The number of anilines is 3. The van der Waals surface area contributed by atoms with Crippen molar-refractivity contribution in [2.45, 2.75) is 38.0 Å². The van der Waals surface area contributed by atoms with E-state index in [0.717, 1.165) is 25.3 Å². The number of benzene rings is 1. The Bertz CT molecular complexity index is 1240. The minimum Gasteiger partial charge on any atom is -0.364 e. The van der Waals surface area contributed by atoms with Crippen LogP contribution in [0.25, 0.3) is 10.9 Å². The zero-order valence-corrected chi connectivity index (χ0v) is 17.7. The molecule has 0 amide bonds. The first kappa shape index (κ1) is 21.3. The van der Waals surface area contributed by atoms with Gasteiger partial charge in [-0.2, -0.15) is 23.3 Å². The molecule has 1 aromatic carbocycles. The topological polar surface area (TPSA) is 102 Å². The predicted molar refractivity (Wildman–Crippen MR) is 111 cm³/mol. The normalized spacial score (nSPS) is 15.8. The number of aromatic nitrogens is 4. The van der Waals surface area contributed by atoms with Crippen LogP contribution >= 0.6 is 0 Å². The molecule has 1 aliphatic carbocycles. The highest BCUT2D eigenvalue weighted by Crippen LogP contribution is 2.41. The molecular weight excluding hydrogens is 433 g/mol. The maximum Gasteiger partial charge on any atom is 0.421 e. The standard InChI is InChI=1S/C19H21F3N6O2S/c1-18(6-7-18)27-16-13(19(20,21)22)11-23-17(26-16)25-14-4-3-5-15-12(14)10-24-28(15)8-9-31(2,29)30/h3-5,10-11H,6-9H2,1-2H3,(H2,23,25,26,27). The molecular formula is C19H21F3N6O2S. The molecule has 0 aliphatic heterocycles. The molecule has 1 aliphatic rings. The van der Waals surface area contributed by atoms with E-state index in [1.54, 1.807) is 29.1 Å². The number of aryl methyl sites for hydroxylation is 1. The molecule has 166 valence electrons. The zero-order valence-electron chi connectivity index (χ0n) is 16.9. The van der Waals surface area contributed by atoms with Crippen LogP contribution in [0.3, 0.4) is 0 Å². The van der Waals surface area contributed by atoms with Crippen molar-refractivity contribution in [3.05, 3.63) is 36.2 Å². The van der Waals surface area contributed by atoms with Crippen molar-refractivity contribution in [1.82, 2.24) is 19.7 Å². The summed E-state index contributed by atoms with van der Waals surface area (Å²) in [4.78, 5) is 7.93. The van der Waals surface area contributed by atoms with Crippen LogP contribution in [0.2, 0.25) is 0 Å². The first-order valence-electron chi connectivity index (χ1n) is 9.55. The van der Waals surface area contributed by atoms with Gasteiger partial charge in [0, 0.05) is 23.4 Å². The number of rotatable bonds is 7. The third-order valence-electron chi connectivity index (χ3n) is 5.12. The molecule has 2 aromatic heterocycles. The quantitative estimate of drug-likeness (QED) is 0.562. The van der Waals surface area contributed by atoms with E-state index in [9.17, 15) is 21.6 Å². The van der Waals surface area contributed by atoms with E-state index in [-0.39, 0.29) is 24.1 Å². The average Bonchev–Trinajstić information content (AvgIpc) is 3.22. The Hall–Kier alpha value is -2.89. The summed E-state index contributed by atoms with van der Waals surface area (Å²) in [6, 6.07) is 5.24. The molecule has 4 rings (SSSR count). The van der Waals surface area contributed by atoms with E-state index in [1.165, 1.54) is 0 Å². The highest BCUT2D eigenvalue weighted by Gasteiger charge is 2.42. The summed E-state index contributed by atoms with van der Waals surface area (Å²) in [6.45, 7) is 2.03. The van der Waals surface area contributed by atoms with Crippen molar-refractivity contribution in [3.63, 3.8) is 0 Å². The maximum atomic E-state index is 13.4. The molecule has 0 atom stereocenters. The summed E-state index contributed by atoms with van der Waals surface area (Å²) in [5.74, 6) is -0.311. The molecule has 0 saturated heterocycles. The van der Waals surface area contributed by atoms with Crippen molar-refractivity contribution in [3.8, 4) is 0 Å². The van der Waals surface area contributed by atoms with Gasteiger partial charge in [-0.05, 0) is 31.9 Å². The second kappa shape index (κ2) is 7.36. The molecule has 12 heteroatoms. The van der Waals surface area contributed by atoms with E-state index >= 15 is 0 Å². The molecule has 0 spiro atoms. The Morgan fingerprint density at radius 2 is 1.97 bits per heavy atom. The van der Waals surface area contributed by atoms with Gasteiger partial charge in [0.15, 0.2) is 0 Å². The van der Waals surface area contributed by atoms with Crippen LogP contribution in [0.5, 0.6) is 0 Å². The third-order valence-corrected chi connectivity index (χ3v) is 6.05. The fraction of sp³-hybridized carbons (Fsp3) is 0.421. The lowest BCUT2D eigenvalue weighted by molar-refractivity contribution is -0.137. The van der Waals surface area contributed by atoms with Gasteiger partial charge in [-0.25, -0.2) is 13.4 Å². The van der Waals surface area contributed by atoms with Crippen LogP contribution in [-0.2, 0) is 22.6 Å². The largest absolute Gasteiger partial charge is 0.421 e. The first-order chi connectivity index (χ1) is 14.4. The molecule has 2 heterocycles. The summed E-state index contributed by atoms with van der Waals surface area (Å²) in [5, 5.41) is 10.7. The van der Waals surface area contributed by atoms with Gasteiger partial charge in [0.1, 0.15) is 21.2 Å². The smallest absolute Gasteiger partial charge is 0.364 e. The number of sulfone groups is 1. The second-order valence-electron chi connectivity index (χ2n) is 8.00. The van der Waals surface area contributed by atoms with E-state index in [1.807, 2.05) is 6.92 Å². The van der Waals surface area contributed by atoms with Crippen molar-refractivity contribution in [2.75, 3.05) is 22.6 Å². The summed E-state index contributed by atoms with van der Waals surface area (Å²) >= 11 is 0. The van der Waals surface area contributed by atoms with Crippen LogP contribution in [0.4, 0.5) is 30.6 Å². The van der Waals surface area contributed by atoms with Crippen molar-refractivity contribution in [2.24, 2.45) is 0 Å². The van der Waals surface area contributed by atoms with Crippen LogP contribution in [0.15, 0.2) is 30.6 Å². The van der Waals surface area contributed by atoms with Gasteiger partial charge in [-0.1, -0.05) is 6.07 Å². The average molecular weight is 454 g/mol. The lowest BCUT2D eigenvalue weighted by Gasteiger charge is -2.18. The van der Waals surface area contributed by atoms with Gasteiger partial charge in [-0.15, -0.1) is 0 Å². The number of hydrogen-bond acceptors (Lipinski definition) is 7. The number of alkyl halides is 3. The number of nitrogens with one attached hydrogen (secondary N) is 2. The van der Waals surface area contributed by atoms with Gasteiger partial charge in [0.25, 0.3) is 0 Å². The molecule has 8 nitrogen and oxygen atoms in total. The summed E-state index contributed by atoms with van der Waals surface area (Å²) in [6.07, 6.45) is 0.438. The van der Waals surface area contributed by atoms with Gasteiger partial charge in [0.05, 0.1) is 29.7 Å². The molecule has 0 bridgehead atoms. The van der Waals surface area contributed by atoms with Gasteiger partial charge in [0.2, 0.25) is 5.95 Å². The molecule has 2 N–H and O–H groups in total. The lowest BCUT2D eigenvalue weighted by Crippen LogP contribution is -2.21. The SMILES string of the molecule is CC1(Nc2nc(Nc3cccc4c3cnn4CCS(C)(=O)=O)ncc2C(F)(F)F)CC1. The number of halogens is 3. The summed E-state index contributed by atoms with van der Waals surface area (Å²) in [5.41, 5.74) is -0.0827. The number of hydrogen-bond donors (Lipinski definition) is 2. The first-order valence-corrected chi connectivity index (χ1v) is 11.6. The monoisotopic (exact) mass is 454 g/mol. The van der Waals surface area contributed by atoms with Crippen LogP contribution in [-0.4, -0.2) is 45.7 Å². The molecule has 1 saturated carbocycles. The summed E-state index contributed by atoms with van der Waals surface area (Å²) < 4.78 is 64.6.